The molecule has 2 atom stereocenters. The molecule has 1 aliphatic carbocycles. The highest BCUT2D eigenvalue weighted by Gasteiger charge is 2.36. The van der Waals surface area contributed by atoms with Crippen molar-refractivity contribution >= 4 is 29.2 Å². The molecule has 2 aromatic heterocycles. The molecule has 0 N–H and O–H groups in total. The second-order valence-corrected chi connectivity index (χ2v) is 10.3. The largest absolute Gasteiger partial charge is 0.444 e. The van der Waals surface area contributed by atoms with Crippen LogP contribution in [0, 0.1) is 0 Å². The number of carbonyl (C=O) groups is 2. The quantitative estimate of drug-likeness (QED) is 0.649. The number of fused-ring (bicyclic) bond motifs is 1. The van der Waals surface area contributed by atoms with Gasteiger partial charge in [0.1, 0.15) is 23.4 Å². The van der Waals surface area contributed by atoms with Gasteiger partial charge >= 0.3 is 6.09 Å². The van der Waals surface area contributed by atoms with Crippen molar-refractivity contribution in [2.24, 2.45) is 0 Å². The lowest BCUT2D eigenvalue weighted by molar-refractivity contribution is 0.0130. The molecule has 2 unspecified atom stereocenters. The first-order chi connectivity index (χ1) is 15.2. The van der Waals surface area contributed by atoms with E-state index >= 15 is 0 Å². The van der Waals surface area contributed by atoms with Gasteiger partial charge in [-0.1, -0.05) is 19.3 Å². The van der Waals surface area contributed by atoms with E-state index in [9.17, 15) is 9.59 Å². The van der Waals surface area contributed by atoms with Gasteiger partial charge < -0.3 is 19.1 Å². The molecule has 2 fully saturated rings. The van der Waals surface area contributed by atoms with Crippen molar-refractivity contribution in [2.75, 3.05) is 18.0 Å². The van der Waals surface area contributed by atoms with E-state index in [1.807, 2.05) is 33.9 Å². The molecule has 1 amide bonds. The average Bonchev–Trinajstić information content (AvgIpc) is 3.13. The van der Waals surface area contributed by atoms with Crippen molar-refractivity contribution < 1.29 is 14.3 Å². The maximum atomic E-state index is 12.7. The molecule has 8 nitrogen and oxygen atoms in total. The normalized spacial score (nSPS) is 22.9. The molecule has 1 saturated heterocycles. The van der Waals surface area contributed by atoms with Crippen molar-refractivity contribution in [3.63, 3.8) is 0 Å². The van der Waals surface area contributed by atoms with Gasteiger partial charge in [-0.3, -0.25) is 4.79 Å². The Morgan fingerprint density at radius 1 is 1.09 bits per heavy atom. The number of hydrogen-bond acceptors (Lipinski definition) is 6. The van der Waals surface area contributed by atoms with Gasteiger partial charge in [0.25, 0.3) is 0 Å². The van der Waals surface area contributed by atoms with Crippen LogP contribution in [-0.2, 0) is 4.74 Å². The smallest absolute Gasteiger partial charge is 0.410 e. The van der Waals surface area contributed by atoms with Gasteiger partial charge in [0.05, 0.1) is 5.39 Å². The van der Waals surface area contributed by atoms with Crippen LogP contribution in [-0.4, -0.2) is 62.6 Å². The lowest BCUT2D eigenvalue weighted by Gasteiger charge is -2.44. The Bertz CT molecular complexity index is 989. The van der Waals surface area contributed by atoms with Crippen molar-refractivity contribution in [3.05, 3.63) is 18.1 Å². The van der Waals surface area contributed by atoms with Crippen molar-refractivity contribution in [3.8, 4) is 0 Å². The zero-order chi connectivity index (χ0) is 23.0. The van der Waals surface area contributed by atoms with E-state index in [1.54, 1.807) is 11.2 Å². The minimum absolute atomic E-state index is 0.0225. The van der Waals surface area contributed by atoms with Crippen LogP contribution in [0.15, 0.2) is 12.5 Å². The number of hydrogen-bond donors (Lipinski definition) is 0. The van der Waals surface area contributed by atoms with E-state index in [2.05, 4.69) is 26.4 Å². The summed E-state index contributed by atoms with van der Waals surface area (Å²) in [6, 6.07) is 0.351. The molecule has 1 aliphatic heterocycles. The third-order valence-corrected chi connectivity index (χ3v) is 6.60. The maximum absolute atomic E-state index is 12.7. The van der Waals surface area contributed by atoms with Crippen LogP contribution in [0.3, 0.4) is 0 Å². The van der Waals surface area contributed by atoms with Crippen LogP contribution in [0.1, 0.15) is 83.1 Å². The summed E-state index contributed by atoms with van der Waals surface area (Å²) in [5.74, 6) is 0.773. The lowest BCUT2D eigenvalue weighted by atomic mass is 9.95. The van der Waals surface area contributed by atoms with E-state index in [0.29, 0.717) is 24.7 Å². The molecule has 2 aliphatic rings. The summed E-state index contributed by atoms with van der Waals surface area (Å²) in [6.45, 7) is 10.9. The molecule has 0 bridgehead atoms. The Balaban J connectivity index is 1.66. The SMILES string of the molecule is CC1CN(c2ncnc3c2c(C=O)cn3C2CCCCC2)C(C)CN1C(=O)OC(C)(C)C. The summed E-state index contributed by atoms with van der Waals surface area (Å²) in [4.78, 5) is 37.9. The first kappa shape index (κ1) is 22.6. The average molecular weight is 442 g/mol. The van der Waals surface area contributed by atoms with Gasteiger partial charge in [0.15, 0.2) is 6.29 Å². The number of rotatable bonds is 3. The molecular formula is C24H35N5O3. The van der Waals surface area contributed by atoms with E-state index in [-0.39, 0.29) is 18.2 Å². The molecule has 0 aromatic carbocycles. The summed E-state index contributed by atoms with van der Waals surface area (Å²) < 4.78 is 7.80. The summed E-state index contributed by atoms with van der Waals surface area (Å²) in [5, 5.41) is 0.817. The Morgan fingerprint density at radius 3 is 2.47 bits per heavy atom. The first-order valence-electron chi connectivity index (χ1n) is 11.8. The minimum atomic E-state index is -0.531. The second kappa shape index (κ2) is 8.71. The highest BCUT2D eigenvalue weighted by molar-refractivity contribution is 6.02. The molecule has 32 heavy (non-hydrogen) atoms. The summed E-state index contributed by atoms with van der Waals surface area (Å²) in [5.41, 5.74) is 0.936. The third kappa shape index (κ3) is 4.32. The van der Waals surface area contributed by atoms with Crippen LogP contribution in [0.4, 0.5) is 10.6 Å². The van der Waals surface area contributed by atoms with E-state index in [0.717, 1.165) is 36.0 Å². The van der Waals surface area contributed by atoms with Crippen molar-refractivity contribution in [1.29, 1.82) is 0 Å². The molecule has 8 heteroatoms. The lowest BCUT2D eigenvalue weighted by Crippen LogP contribution is -2.59. The highest BCUT2D eigenvalue weighted by atomic mass is 16.6. The number of aldehydes is 1. The van der Waals surface area contributed by atoms with Gasteiger partial charge in [0, 0.05) is 43.0 Å². The fraction of sp³-hybridized carbons (Fsp3) is 0.667. The van der Waals surface area contributed by atoms with Crippen LogP contribution in [0.2, 0.25) is 0 Å². The number of carbonyl (C=O) groups excluding carboxylic acids is 2. The van der Waals surface area contributed by atoms with Gasteiger partial charge in [-0.05, 0) is 47.5 Å². The first-order valence-corrected chi connectivity index (χ1v) is 11.8. The topological polar surface area (TPSA) is 80.6 Å². The molecule has 4 rings (SSSR count). The number of piperazine rings is 1. The Labute approximate surface area is 189 Å². The zero-order valence-electron chi connectivity index (χ0n) is 19.9. The van der Waals surface area contributed by atoms with Gasteiger partial charge in [0.2, 0.25) is 0 Å². The van der Waals surface area contributed by atoms with Crippen LogP contribution >= 0.6 is 0 Å². The second-order valence-electron chi connectivity index (χ2n) is 10.3. The molecule has 0 spiro atoms. The van der Waals surface area contributed by atoms with Crippen molar-refractivity contribution in [1.82, 2.24) is 19.4 Å². The fourth-order valence-electron chi connectivity index (χ4n) is 5.04. The zero-order valence-corrected chi connectivity index (χ0v) is 19.9. The number of aromatic nitrogens is 3. The molecule has 174 valence electrons. The number of nitrogens with zero attached hydrogens (tertiary/aromatic N) is 5. The number of anilines is 1. The summed E-state index contributed by atoms with van der Waals surface area (Å²) in [7, 11) is 0. The Kier molecular flexibility index (Phi) is 6.14. The van der Waals surface area contributed by atoms with E-state index in [1.165, 1.54) is 19.3 Å². The van der Waals surface area contributed by atoms with Crippen LogP contribution in [0.5, 0.6) is 0 Å². The highest BCUT2D eigenvalue weighted by Crippen LogP contribution is 2.36. The Hall–Kier alpha value is -2.64. The third-order valence-electron chi connectivity index (χ3n) is 6.60. The summed E-state index contributed by atoms with van der Waals surface area (Å²) in [6.07, 6.45) is 10.1. The predicted molar refractivity (Wildman–Crippen MR) is 124 cm³/mol. The molecule has 2 aromatic rings. The molecule has 0 radical (unpaired) electrons. The maximum Gasteiger partial charge on any atom is 0.410 e. The summed E-state index contributed by atoms with van der Waals surface area (Å²) >= 11 is 0. The number of amides is 1. The Morgan fingerprint density at radius 2 is 1.81 bits per heavy atom. The number of ether oxygens (including phenoxy) is 1. The van der Waals surface area contributed by atoms with Gasteiger partial charge in [-0.15, -0.1) is 0 Å². The van der Waals surface area contributed by atoms with Gasteiger partial charge in [-0.2, -0.15) is 0 Å². The van der Waals surface area contributed by atoms with Crippen LogP contribution < -0.4 is 4.90 Å². The van der Waals surface area contributed by atoms with E-state index in [4.69, 9.17) is 4.74 Å². The van der Waals surface area contributed by atoms with Gasteiger partial charge in [-0.25, -0.2) is 14.8 Å². The predicted octanol–water partition coefficient (Wildman–Crippen LogP) is 4.58. The van der Waals surface area contributed by atoms with Crippen LogP contribution in [0.25, 0.3) is 11.0 Å². The molecule has 3 heterocycles. The minimum Gasteiger partial charge on any atom is -0.444 e. The van der Waals surface area contributed by atoms with Crippen molar-refractivity contribution in [2.45, 2.75) is 90.4 Å². The fourth-order valence-corrected chi connectivity index (χ4v) is 5.04. The monoisotopic (exact) mass is 441 g/mol. The molecule has 1 saturated carbocycles. The van der Waals surface area contributed by atoms with E-state index < -0.39 is 5.60 Å². The standard InChI is InChI=1S/C24H35N5O3/c1-16-12-28(23(31)32-24(3,4)5)17(2)11-27(16)21-20-18(14-30)13-29(22(20)26-15-25-21)19-9-7-6-8-10-19/h13-17,19H,6-12H2,1-5H3. The molecular weight excluding hydrogens is 406 g/mol.